The quantitative estimate of drug-likeness (QED) is 0.763. The number of nitrogens with one attached hydrogen (secondary N) is 1. The van der Waals surface area contributed by atoms with Crippen LogP contribution in [-0.2, 0) is 9.53 Å². The van der Waals surface area contributed by atoms with Crippen LogP contribution in [0.3, 0.4) is 0 Å². The predicted molar refractivity (Wildman–Crippen MR) is 89.5 cm³/mol. The van der Waals surface area contributed by atoms with Gasteiger partial charge < -0.3 is 10.1 Å². The lowest BCUT2D eigenvalue weighted by atomic mass is 10.2. The van der Waals surface area contributed by atoms with Gasteiger partial charge in [-0.1, -0.05) is 45.2 Å². The van der Waals surface area contributed by atoms with Crippen LogP contribution in [0.1, 0.15) is 10.4 Å². The summed E-state index contributed by atoms with van der Waals surface area (Å²) in [7, 11) is 0. The fourth-order valence-electron chi connectivity index (χ4n) is 1.59. The summed E-state index contributed by atoms with van der Waals surface area (Å²) in [5.74, 6) is -1.12. The first-order chi connectivity index (χ1) is 10.5. The molecular formula is C15H10BrCl2NO3. The van der Waals surface area contributed by atoms with E-state index in [9.17, 15) is 9.59 Å². The number of hydrogen-bond acceptors (Lipinski definition) is 3. The Hall–Kier alpha value is -1.56. The Morgan fingerprint density at radius 2 is 1.64 bits per heavy atom. The summed E-state index contributed by atoms with van der Waals surface area (Å²) >= 11 is 15.1. The number of halogens is 3. The van der Waals surface area contributed by atoms with Crippen LogP contribution in [0.5, 0.6) is 0 Å². The second-order valence-corrected chi connectivity index (χ2v) is 5.96. The molecule has 0 fully saturated rings. The van der Waals surface area contributed by atoms with Gasteiger partial charge in [0.2, 0.25) is 0 Å². The summed E-state index contributed by atoms with van der Waals surface area (Å²) in [5, 5.41) is 3.12. The highest BCUT2D eigenvalue weighted by Gasteiger charge is 2.13. The maximum atomic E-state index is 11.8. The van der Waals surface area contributed by atoms with E-state index in [4.69, 9.17) is 27.9 Å². The zero-order valence-corrected chi connectivity index (χ0v) is 14.2. The van der Waals surface area contributed by atoms with E-state index in [1.165, 1.54) is 0 Å². The average Bonchev–Trinajstić information content (AvgIpc) is 2.49. The Labute approximate surface area is 145 Å². The molecule has 0 saturated heterocycles. The first kappa shape index (κ1) is 16.8. The molecule has 0 atom stereocenters. The van der Waals surface area contributed by atoms with Crippen molar-refractivity contribution in [1.29, 1.82) is 0 Å². The molecule has 0 heterocycles. The highest BCUT2D eigenvalue weighted by atomic mass is 79.9. The third kappa shape index (κ3) is 4.47. The molecule has 0 aromatic heterocycles. The predicted octanol–water partition coefficient (Wildman–Crippen LogP) is 4.55. The van der Waals surface area contributed by atoms with E-state index < -0.39 is 18.5 Å². The van der Waals surface area contributed by atoms with Crippen LogP contribution in [0.4, 0.5) is 5.69 Å². The topological polar surface area (TPSA) is 55.4 Å². The summed E-state index contributed by atoms with van der Waals surface area (Å²) < 4.78 is 5.77. The second-order valence-electron chi connectivity index (χ2n) is 4.23. The van der Waals surface area contributed by atoms with E-state index >= 15 is 0 Å². The van der Waals surface area contributed by atoms with Crippen molar-refractivity contribution in [3.8, 4) is 0 Å². The molecule has 1 N–H and O–H groups in total. The van der Waals surface area contributed by atoms with E-state index in [-0.39, 0.29) is 5.69 Å². The summed E-state index contributed by atoms with van der Waals surface area (Å²) in [6, 6.07) is 11.5. The maximum absolute atomic E-state index is 11.8. The monoisotopic (exact) mass is 401 g/mol. The number of anilines is 1. The molecule has 22 heavy (non-hydrogen) atoms. The normalized spacial score (nSPS) is 10.1. The third-order valence-electron chi connectivity index (χ3n) is 2.64. The molecule has 0 radical (unpaired) electrons. The van der Waals surface area contributed by atoms with Crippen LogP contribution in [0.25, 0.3) is 0 Å². The fourth-order valence-corrected chi connectivity index (χ4v) is 2.35. The van der Waals surface area contributed by atoms with Gasteiger partial charge in [-0.3, -0.25) is 4.79 Å². The molecule has 0 spiro atoms. The molecule has 2 aromatic rings. The number of esters is 1. The molecule has 1 amide bonds. The molecule has 0 aliphatic carbocycles. The molecule has 0 aliphatic rings. The number of carbonyl (C=O) groups is 2. The molecule has 4 nitrogen and oxygen atoms in total. The lowest BCUT2D eigenvalue weighted by Gasteiger charge is -2.09. The van der Waals surface area contributed by atoms with E-state index in [1.54, 1.807) is 42.5 Å². The Morgan fingerprint density at radius 1 is 1.05 bits per heavy atom. The number of carbonyl (C=O) groups excluding carboxylic acids is 2. The van der Waals surface area contributed by atoms with Crippen molar-refractivity contribution in [2.75, 3.05) is 11.9 Å². The van der Waals surface area contributed by atoms with Crippen LogP contribution >= 0.6 is 39.1 Å². The lowest BCUT2D eigenvalue weighted by molar-refractivity contribution is -0.119. The minimum atomic E-state index is -0.590. The number of rotatable bonds is 4. The second kappa shape index (κ2) is 7.63. The van der Waals surface area contributed by atoms with Crippen molar-refractivity contribution in [3.05, 3.63) is 62.5 Å². The first-order valence-corrected chi connectivity index (χ1v) is 7.69. The smallest absolute Gasteiger partial charge is 0.338 e. The molecule has 0 unspecified atom stereocenters. The molecule has 2 rings (SSSR count). The molecular weight excluding hydrogens is 393 g/mol. The summed E-state index contributed by atoms with van der Waals surface area (Å²) in [6.45, 7) is -0.434. The fraction of sp³-hybridized carbons (Fsp3) is 0.0667. The van der Waals surface area contributed by atoms with E-state index in [2.05, 4.69) is 21.2 Å². The van der Waals surface area contributed by atoms with Gasteiger partial charge in [-0.15, -0.1) is 0 Å². The molecule has 0 saturated carbocycles. The SMILES string of the molecule is O=C(COC(=O)c1ccc(Br)cc1)Nc1c(Cl)cccc1Cl. The highest BCUT2D eigenvalue weighted by Crippen LogP contribution is 2.29. The van der Waals surface area contributed by atoms with E-state index in [1.807, 2.05) is 0 Å². The first-order valence-electron chi connectivity index (χ1n) is 6.14. The van der Waals surface area contributed by atoms with Crippen LogP contribution in [-0.4, -0.2) is 18.5 Å². The Kier molecular flexibility index (Phi) is 5.83. The molecule has 114 valence electrons. The number of amides is 1. The molecule has 7 heteroatoms. The van der Waals surface area contributed by atoms with E-state index in [0.29, 0.717) is 15.6 Å². The van der Waals surface area contributed by atoms with Gasteiger partial charge in [-0.25, -0.2) is 4.79 Å². The molecule has 2 aromatic carbocycles. The van der Waals surface area contributed by atoms with Crippen LogP contribution < -0.4 is 5.32 Å². The largest absolute Gasteiger partial charge is 0.452 e. The standard InChI is InChI=1S/C15H10BrCl2NO3/c16-10-6-4-9(5-7-10)15(21)22-8-13(20)19-14-11(17)2-1-3-12(14)18/h1-7H,8H2,(H,19,20). The van der Waals surface area contributed by atoms with Gasteiger partial charge in [-0.05, 0) is 36.4 Å². The van der Waals surface area contributed by atoms with Gasteiger partial charge in [0.05, 0.1) is 21.3 Å². The van der Waals surface area contributed by atoms with Crippen LogP contribution in [0.2, 0.25) is 10.0 Å². The van der Waals surface area contributed by atoms with Crippen molar-refractivity contribution in [3.63, 3.8) is 0 Å². The molecule has 0 bridgehead atoms. The van der Waals surface area contributed by atoms with Gasteiger partial charge in [0.1, 0.15) is 0 Å². The Bertz CT molecular complexity index is 684. The Morgan fingerprint density at radius 3 is 2.23 bits per heavy atom. The number of para-hydroxylation sites is 1. The zero-order valence-electron chi connectivity index (χ0n) is 11.1. The van der Waals surface area contributed by atoms with Crippen molar-refractivity contribution >= 4 is 56.7 Å². The average molecular weight is 403 g/mol. The van der Waals surface area contributed by atoms with Crippen molar-refractivity contribution in [2.24, 2.45) is 0 Å². The lowest BCUT2D eigenvalue weighted by Crippen LogP contribution is -2.21. The van der Waals surface area contributed by atoms with Crippen LogP contribution in [0.15, 0.2) is 46.9 Å². The summed E-state index contributed by atoms with van der Waals surface area (Å²) in [5.41, 5.74) is 0.641. The van der Waals surface area contributed by atoms with Gasteiger partial charge in [-0.2, -0.15) is 0 Å². The van der Waals surface area contributed by atoms with Crippen molar-refractivity contribution in [2.45, 2.75) is 0 Å². The summed E-state index contributed by atoms with van der Waals surface area (Å²) in [4.78, 5) is 23.6. The van der Waals surface area contributed by atoms with Gasteiger partial charge in [0.15, 0.2) is 6.61 Å². The number of hydrogen-bond donors (Lipinski definition) is 1. The highest BCUT2D eigenvalue weighted by molar-refractivity contribution is 9.10. The minimum absolute atomic E-state index is 0.288. The third-order valence-corrected chi connectivity index (χ3v) is 3.80. The van der Waals surface area contributed by atoms with Gasteiger partial charge >= 0.3 is 5.97 Å². The summed E-state index contributed by atoms with van der Waals surface area (Å²) in [6.07, 6.45) is 0. The minimum Gasteiger partial charge on any atom is -0.452 e. The zero-order chi connectivity index (χ0) is 16.1. The van der Waals surface area contributed by atoms with E-state index in [0.717, 1.165) is 4.47 Å². The van der Waals surface area contributed by atoms with Gasteiger partial charge in [0, 0.05) is 4.47 Å². The maximum Gasteiger partial charge on any atom is 0.338 e. The number of benzene rings is 2. The van der Waals surface area contributed by atoms with Crippen LogP contribution in [0, 0.1) is 0 Å². The number of ether oxygens (including phenoxy) is 1. The van der Waals surface area contributed by atoms with Crippen molar-refractivity contribution in [1.82, 2.24) is 0 Å². The van der Waals surface area contributed by atoms with Gasteiger partial charge in [0.25, 0.3) is 5.91 Å². The Balaban J connectivity index is 1.93. The van der Waals surface area contributed by atoms with Crippen molar-refractivity contribution < 1.29 is 14.3 Å². The molecule has 0 aliphatic heterocycles.